The number of ether oxygens (including phenoxy) is 3. The molecule has 5 rings (SSSR count). The van der Waals surface area contributed by atoms with Gasteiger partial charge in [-0.2, -0.15) is 4.98 Å². The number of rotatable bonds is 12. The second-order valence-corrected chi connectivity index (χ2v) is 10.1. The number of nitrogens with zero attached hydrogens (tertiary/aromatic N) is 1. The van der Waals surface area contributed by atoms with Crippen LogP contribution in [0.1, 0.15) is 31.2 Å². The van der Waals surface area contributed by atoms with E-state index in [1.807, 2.05) is 36.4 Å². The Hall–Kier alpha value is -3.86. The normalized spacial score (nSPS) is 17.1. The maximum Gasteiger partial charge on any atom is 0.306 e. The minimum atomic E-state index is -0.803. The molecule has 0 saturated heterocycles. The fourth-order valence-electron chi connectivity index (χ4n) is 5.06. The molecule has 3 aromatic carbocycles. The van der Waals surface area contributed by atoms with Crippen LogP contribution < -0.4 is 4.74 Å². The predicted molar refractivity (Wildman–Crippen MR) is 148 cm³/mol. The number of benzene rings is 3. The Kier molecular flexibility index (Phi) is 9.23. The lowest BCUT2D eigenvalue weighted by molar-refractivity contribution is -0.143. The molecule has 1 saturated carbocycles. The summed E-state index contributed by atoms with van der Waals surface area (Å²) in [5, 5.41) is 17.9. The van der Waals surface area contributed by atoms with Crippen molar-refractivity contribution in [2.45, 2.75) is 38.4 Å². The van der Waals surface area contributed by atoms with Gasteiger partial charge in [0, 0.05) is 6.07 Å². The Balaban J connectivity index is 1.25. The molecule has 1 heterocycles. The van der Waals surface area contributed by atoms with Crippen LogP contribution in [0.25, 0.3) is 33.3 Å². The summed E-state index contributed by atoms with van der Waals surface area (Å²) in [5.74, 6) is -2.67. The van der Waals surface area contributed by atoms with Gasteiger partial charge in [-0.05, 0) is 47.9 Å². The minimum Gasteiger partial charge on any atom is -0.481 e. The van der Waals surface area contributed by atoms with Gasteiger partial charge in [0.2, 0.25) is 0 Å². The van der Waals surface area contributed by atoms with Crippen molar-refractivity contribution in [2.75, 3.05) is 26.4 Å². The number of imidazole rings is 1. The van der Waals surface area contributed by atoms with Gasteiger partial charge in [0.25, 0.3) is 6.01 Å². The molecule has 8 nitrogen and oxygen atoms in total. The van der Waals surface area contributed by atoms with Crippen LogP contribution in [-0.4, -0.2) is 58.7 Å². The number of aliphatic hydroxyl groups excluding tert-OH is 1. The molecule has 1 aliphatic rings. The van der Waals surface area contributed by atoms with Crippen LogP contribution in [0.2, 0.25) is 0 Å². The SMILES string of the molecule is O=C(O)C1CCC(Oc2nc3c(F)c(-c4ccc(-c5ccc(COCCOCCO)cc5)cc4)c(F)cc3[nH]2)CC1. The number of aromatic nitrogens is 2. The molecule has 4 aromatic rings. The molecule has 0 spiro atoms. The van der Waals surface area contributed by atoms with Gasteiger partial charge < -0.3 is 29.4 Å². The number of carbonyl (C=O) groups is 1. The van der Waals surface area contributed by atoms with Crippen LogP contribution in [0.15, 0.2) is 54.6 Å². The Morgan fingerprint density at radius 3 is 2.20 bits per heavy atom. The summed E-state index contributed by atoms with van der Waals surface area (Å²) in [4.78, 5) is 18.3. The molecule has 216 valence electrons. The van der Waals surface area contributed by atoms with Crippen molar-refractivity contribution in [1.29, 1.82) is 0 Å². The molecular weight excluding hydrogens is 534 g/mol. The molecule has 10 heteroatoms. The van der Waals surface area contributed by atoms with Crippen LogP contribution >= 0.6 is 0 Å². The summed E-state index contributed by atoms with van der Waals surface area (Å²) in [6.07, 6.45) is 1.89. The average molecular weight is 567 g/mol. The zero-order valence-corrected chi connectivity index (χ0v) is 22.4. The van der Waals surface area contributed by atoms with Gasteiger partial charge in [0.15, 0.2) is 5.82 Å². The molecule has 41 heavy (non-hydrogen) atoms. The zero-order chi connectivity index (χ0) is 28.8. The number of nitrogens with one attached hydrogen (secondary N) is 1. The third-order valence-corrected chi connectivity index (χ3v) is 7.29. The number of fused-ring (bicyclic) bond motifs is 1. The van der Waals surface area contributed by atoms with Gasteiger partial charge in [-0.1, -0.05) is 48.5 Å². The van der Waals surface area contributed by atoms with Gasteiger partial charge >= 0.3 is 5.97 Å². The molecule has 0 aliphatic heterocycles. The number of hydrogen-bond acceptors (Lipinski definition) is 6. The van der Waals surface area contributed by atoms with Crippen molar-refractivity contribution < 1.29 is 38.0 Å². The van der Waals surface area contributed by atoms with Gasteiger partial charge in [-0.15, -0.1) is 0 Å². The van der Waals surface area contributed by atoms with Crippen molar-refractivity contribution in [3.05, 3.63) is 71.8 Å². The van der Waals surface area contributed by atoms with Crippen molar-refractivity contribution in [1.82, 2.24) is 9.97 Å². The summed E-state index contributed by atoms with van der Waals surface area (Å²) < 4.78 is 47.2. The lowest BCUT2D eigenvalue weighted by Crippen LogP contribution is -2.28. The molecule has 1 fully saturated rings. The first-order valence-corrected chi connectivity index (χ1v) is 13.7. The quantitative estimate of drug-likeness (QED) is 0.188. The van der Waals surface area contributed by atoms with E-state index in [4.69, 9.17) is 19.3 Å². The van der Waals surface area contributed by atoms with E-state index in [1.54, 1.807) is 12.1 Å². The maximum absolute atomic E-state index is 15.5. The number of halogens is 2. The van der Waals surface area contributed by atoms with Gasteiger partial charge in [-0.25, -0.2) is 8.78 Å². The van der Waals surface area contributed by atoms with E-state index in [-0.39, 0.29) is 41.2 Å². The summed E-state index contributed by atoms with van der Waals surface area (Å²) in [7, 11) is 0. The summed E-state index contributed by atoms with van der Waals surface area (Å²) in [5.41, 5.74) is 3.24. The number of carboxylic acids is 1. The van der Waals surface area contributed by atoms with Crippen LogP contribution in [0.3, 0.4) is 0 Å². The van der Waals surface area contributed by atoms with Crippen LogP contribution in [0, 0.1) is 17.6 Å². The van der Waals surface area contributed by atoms with Crippen molar-refractivity contribution >= 4 is 17.0 Å². The molecule has 0 bridgehead atoms. The maximum atomic E-state index is 15.5. The summed E-state index contributed by atoms with van der Waals surface area (Å²) in [6.45, 7) is 1.58. The van der Waals surface area contributed by atoms with E-state index in [1.165, 1.54) is 6.07 Å². The van der Waals surface area contributed by atoms with Crippen molar-refractivity contribution in [2.24, 2.45) is 5.92 Å². The Morgan fingerprint density at radius 1 is 0.902 bits per heavy atom. The van der Waals surface area contributed by atoms with E-state index in [0.717, 1.165) is 16.7 Å². The zero-order valence-electron chi connectivity index (χ0n) is 22.4. The Bertz CT molecular complexity index is 1460. The van der Waals surface area contributed by atoms with Gasteiger partial charge in [-0.3, -0.25) is 4.79 Å². The lowest BCUT2D eigenvalue weighted by atomic mass is 9.87. The fraction of sp³-hybridized carbons (Fsp3) is 0.355. The summed E-state index contributed by atoms with van der Waals surface area (Å²) in [6, 6.07) is 16.1. The molecule has 0 amide bonds. The third-order valence-electron chi connectivity index (χ3n) is 7.29. The number of aliphatic hydroxyl groups is 1. The predicted octanol–water partition coefficient (Wildman–Crippen LogP) is 5.72. The van der Waals surface area contributed by atoms with Gasteiger partial charge in [0.05, 0.1) is 50.0 Å². The first-order chi connectivity index (χ1) is 19.9. The Labute approximate surface area is 235 Å². The van der Waals surface area contributed by atoms with Crippen LogP contribution in [0.5, 0.6) is 6.01 Å². The van der Waals surface area contributed by atoms with E-state index in [0.29, 0.717) is 57.7 Å². The van der Waals surface area contributed by atoms with E-state index in [9.17, 15) is 9.90 Å². The molecule has 0 atom stereocenters. The molecular formula is C31H32F2N2O6. The number of H-pyrrole nitrogens is 1. The number of carboxylic acid groups (broad SMARTS) is 1. The van der Waals surface area contributed by atoms with Crippen molar-refractivity contribution in [3.8, 4) is 28.3 Å². The van der Waals surface area contributed by atoms with E-state index in [2.05, 4.69) is 9.97 Å². The first kappa shape index (κ1) is 28.7. The topological polar surface area (TPSA) is 114 Å². The number of aliphatic carboxylic acids is 1. The third kappa shape index (κ3) is 6.90. The minimum absolute atomic E-state index is 0.0114. The smallest absolute Gasteiger partial charge is 0.306 e. The highest BCUT2D eigenvalue weighted by Crippen LogP contribution is 2.34. The highest BCUT2D eigenvalue weighted by atomic mass is 19.1. The van der Waals surface area contributed by atoms with Crippen molar-refractivity contribution in [3.63, 3.8) is 0 Å². The van der Waals surface area contributed by atoms with E-state index < -0.39 is 17.6 Å². The highest BCUT2D eigenvalue weighted by Gasteiger charge is 2.28. The van der Waals surface area contributed by atoms with Gasteiger partial charge in [0.1, 0.15) is 17.4 Å². The fourth-order valence-corrected chi connectivity index (χ4v) is 5.06. The molecule has 1 aliphatic carbocycles. The number of aromatic amines is 1. The average Bonchev–Trinajstić information content (AvgIpc) is 3.38. The molecule has 0 radical (unpaired) electrons. The molecule has 0 unspecified atom stereocenters. The highest BCUT2D eigenvalue weighted by molar-refractivity contribution is 5.84. The van der Waals surface area contributed by atoms with Crippen LogP contribution in [-0.2, 0) is 20.9 Å². The monoisotopic (exact) mass is 566 g/mol. The second-order valence-electron chi connectivity index (χ2n) is 10.1. The van der Waals surface area contributed by atoms with Crippen LogP contribution in [0.4, 0.5) is 8.78 Å². The number of hydrogen-bond donors (Lipinski definition) is 3. The standard InChI is InChI=1S/C31H32F2N2O6/c32-25-17-26-29(35-31(34-26)41-24-11-9-23(10-12-24)30(37)38)28(33)27(25)22-7-5-21(6-8-22)20-3-1-19(2-4-20)18-40-16-15-39-14-13-36/h1-8,17,23-24,36H,9-16,18H2,(H,34,35)(H,37,38). The van der Waals surface area contributed by atoms with E-state index >= 15 is 8.78 Å². The Morgan fingerprint density at radius 2 is 1.54 bits per heavy atom. The molecule has 1 aromatic heterocycles. The largest absolute Gasteiger partial charge is 0.481 e. The first-order valence-electron chi connectivity index (χ1n) is 13.7. The second kappa shape index (κ2) is 13.2. The summed E-state index contributed by atoms with van der Waals surface area (Å²) >= 11 is 0. The molecule has 3 N–H and O–H groups in total. The lowest BCUT2D eigenvalue weighted by Gasteiger charge is -2.25.